The van der Waals surface area contributed by atoms with Crippen molar-refractivity contribution in [3.63, 3.8) is 0 Å². The zero-order valence-corrected chi connectivity index (χ0v) is 14.7. The van der Waals surface area contributed by atoms with Gasteiger partial charge in [0.2, 0.25) is 0 Å². The minimum absolute atomic E-state index is 0.000745. The van der Waals surface area contributed by atoms with Gasteiger partial charge in [-0.2, -0.15) is 18.3 Å². The molecule has 0 bridgehead atoms. The highest BCUT2D eigenvalue weighted by Gasteiger charge is 2.40. The predicted molar refractivity (Wildman–Crippen MR) is 91.4 cm³/mol. The van der Waals surface area contributed by atoms with Gasteiger partial charge in [0.05, 0.1) is 11.9 Å². The average Bonchev–Trinajstić information content (AvgIpc) is 3.13. The Morgan fingerprint density at radius 1 is 1.21 bits per heavy atom. The van der Waals surface area contributed by atoms with E-state index in [1.165, 1.54) is 24.3 Å². The molecule has 0 unspecified atom stereocenters. The Kier molecular flexibility index (Phi) is 5.68. The zero-order valence-electron chi connectivity index (χ0n) is 14.7. The van der Waals surface area contributed by atoms with Crippen LogP contribution in [0.5, 0.6) is 0 Å². The largest absolute Gasteiger partial charge is 0.478 e. The second-order valence-corrected chi connectivity index (χ2v) is 6.43. The summed E-state index contributed by atoms with van der Waals surface area (Å²) in [6.07, 6.45) is -2.51. The molecular formula is C18H18F3N3O4. The SMILES string of the molecule is O=C(NCC1CCOCC1)c1ccc(-n2ncc(C(=O)O)c2C(F)(F)F)cc1. The maximum atomic E-state index is 13.3. The van der Waals surface area contributed by atoms with Crippen LogP contribution in [0.2, 0.25) is 0 Å². The van der Waals surface area contributed by atoms with E-state index in [9.17, 15) is 22.8 Å². The summed E-state index contributed by atoms with van der Waals surface area (Å²) in [5.74, 6) is -1.71. The van der Waals surface area contributed by atoms with Gasteiger partial charge in [-0.15, -0.1) is 0 Å². The number of carbonyl (C=O) groups is 2. The Hall–Kier alpha value is -2.88. The van der Waals surface area contributed by atoms with E-state index in [-0.39, 0.29) is 17.2 Å². The molecule has 150 valence electrons. The molecule has 10 heteroatoms. The summed E-state index contributed by atoms with van der Waals surface area (Å²) in [6, 6.07) is 5.32. The van der Waals surface area contributed by atoms with E-state index in [1.807, 2.05) is 0 Å². The molecule has 28 heavy (non-hydrogen) atoms. The Balaban J connectivity index is 1.75. The van der Waals surface area contributed by atoms with E-state index in [0.717, 1.165) is 12.8 Å². The first-order valence-corrected chi connectivity index (χ1v) is 8.62. The third kappa shape index (κ3) is 4.33. The van der Waals surface area contributed by atoms with Gasteiger partial charge >= 0.3 is 12.1 Å². The first-order valence-electron chi connectivity index (χ1n) is 8.62. The van der Waals surface area contributed by atoms with Crippen LogP contribution in [0.4, 0.5) is 13.2 Å². The molecule has 1 fully saturated rings. The summed E-state index contributed by atoms with van der Waals surface area (Å²) >= 11 is 0. The van der Waals surface area contributed by atoms with E-state index in [0.29, 0.717) is 36.6 Å². The molecule has 1 amide bonds. The fourth-order valence-electron chi connectivity index (χ4n) is 3.02. The Bertz CT molecular complexity index is 856. The van der Waals surface area contributed by atoms with Crippen LogP contribution in [0.1, 0.15) is 39.3 Å². The fourth-order valence-corrected chi connectivity index (χ4v) is 3.02. The van der Waals surface area contributed by atoms with Gasteiger partial charge in [0.25, 0.3) is 5.91 Å². The number of nitrogens with one attached hydrogen (secondary N) is 1. The first-order chi connectivity index (χ1) is 13.3. The maximum Gasteiger partial charge on any atom is 0.434 e. The molecule has 2 heterocycles. The Morgan fingerprint density at radius 2 is 1.86 bits per heavy atom. The van der Waals surface area contributed by atoms with Crippen molar-refractivity contribution in [3.05, 3.63) is 47.3 Å². The summed E-state index contributed by atoms with van der Waals surface area (Å²) in [6.45, 7) is 1.83. The lowest BCUT2D eigenvalue weighted by Crippen LogP contribution is -2.32. The number of carbonyl (C=O) groups excluding carboxylic acids is 1. The van der Waals surface area contributed by atoms with Crippen molar-refractivity contribution < 1.29 is 32.6 Å². The molecule has 1 aliphatic heterocycles. The van der Waals surface area contributed by atoms with Crippen LogP contribution < -0.4 is 5.32 Å². The molecule has 1 aromatic carbocycles. The van der Waals surface area contributed by atoms with Crippen LogP contribution >= 0.6 is 0 Å². The van der Waals surface area contributed by atoms with Gasteiger partial charge in [0, 0.05) is 25.3 Å². The van der Waals surface area contributed by atoms with Gasteiger partial charge in [-0.1, -0.05) is 0 Å². The van der Waals surface area contributed by atoms with Crippen molar-refractivity contribution in [2.45, 2.75) is 19.0 Å². The van der Waals surface area contributed by atoms with Gasteiger partial charge < -0.3 is 15.2 Å². The monoisotopic (exact) mass is 397 g/mol. The average molecular weight is 397 g/mol. The Labute approximate surface area is 158 Å². The van der Waals surface area contributed by atoms with Crippen molar-refractivity contribution in [2.75, 3.05) is 19.8 Å². The normalized spacial score (nSPS) is 15.4. The van der Waals surface area contributed by atoms with Crippen LogP contribution in [0.25, 0.3) is 5.69 Å². The standard InChI is InChI=1S/C18H18F3N3O4/c19-18(20,21)15-14(17(26)27)10-23-24(15)13-3-1-12(2-4-13)16(25)22-9-11-5-7-28-8-6-11/h1-4,10-11H,5-9H2,(H,22,25)(H,26,27). The number of nitrogens with zero attached hydrogens (tertiary/aromatic N) is 2. The minimum atomic E-state index is -4.90. The molecule has 0 aliphatic carbocycles. The number of hydrogen-bond donors (Lipinski definition) is 2. The van der Waals surface area contributed by atoms with Gasteiger partial charge in [-0.05, 0) is 43.0 Å². The number of aromatic nitrogens is 2. The number of ether oxygens (including phenoxy) is 1. The van der Waals surface area contributed by atoms with E-state index < -0.39 is 23.4 Å². The van der Waals surface area contributed by atoms with Crippen LogP contribution in [0, 0.1) is 5.92 Å². The summed E-state index contributed by atoms with van der Waals surface area (Å²) in [5, 5.41) is 15.3. The number of benzene rings is 1. The lowest BCUT2D eigenvalue weighted by molar-refractivity contribution is -0.143. The number of rotatable bonds is 5. The van der Waals surface area contributed by atoms with E-state index in [4.69, 9.17) is 9.84 Å². The third-order valence-corrected chi connectivity index (χ3v) is 4.53. The van der Waals surface area contributed by atoms with Gasteiger partial charge in [0.15, 0.2) is 5.69 Å². The van der Waals surface area contributed by atoms with E-state index in [1.54, 1.807) is 0 Å². The molecule has 3 rings (SSSR count). The maximum absolute atomic E-state index is 13.3. The topological polar surface area (TPSA) is 93.5 Å². The van der Waals surface area contributed by atoms with Gasteiger partial charge in [-0.25, -0.2) is 9.48 Å². The number of carboxylic acids is 1. The zero-order chi connectivity index (χ0) is 20.3. The van der Waals surface area contributed by atoms with Crippen LogP contribution in [0.3, 0.4) is 0 Å². The second kappa shape index (κ2) is 8.01. The van der Waals surface area contributed by atoms with Crippen LogP contribution in [-0.2, 0) is 10.9 Å². The number of carboxylic acid groups (broad SMARTS) is 1. The molecule has 2 aromatic rings. The number of aromatic carboxylic acids is 1. The highest BCUT2D eigenvalue weighted by molar-refractivity contribution is 5.94. The van der Waals surface area contributed by atoms with E-state index >= 15 is 0 Å². The van der Waals surface area contributed by atoms with Crippen LogP contribution in [0.15, 0.2) is 30.5 Å². The summed E-state index contributed by atoms with van der Waals surface area (Å²) in [7, 11) is 0. The third-order valence-electron chi connectivity index (χ3n) is 4.53. The number of amides is 1. The fraction of sp³-hybridized carbons (Fsp3) is 0.389. The number of halogens is 3. The summed E-state index contributed by atoms with van der Waals surface area (Å²) in [4.78, 5) is 23.3. The molecule has 0 spiro atoms. The Morgan fingerprint density at radius 3 is 2.43 bits per heavy atom. The molecule has 0 saturated carbocycles. The van der Waals surface area contributed by atoms with Crippen molar-refractivity contribution in [1.29, 1.82) is 0 Å². The lowest BCUT2D eigenvalue weighted by atomic mass is 10.0. The highest BCUT2D eigenvalue weighted by atomic mass is 19.4. The number of hydrogen-bond acceptors (Lipinski definition) is 4. The quantitative estimate of drug-likeness (QED) is 0.809. The highest BCUT2D eigenvalue weighted by Crippen LogP contribution is 2.33. The molecule has 1 aliphatic rings. The van der Waals surface area contributed by atoms with Gasteiger partial charge in [0.1, 0.15) is 5.56 Å². The molecular weight excluding hydrogens is 379 g/mol. The summed E-state index contributed by atoms with van der Waals surface area (Å²) in [5.41, 5.74) is -2.03. The summed E-state index contributed by atoms with van der Waals surface area (Å²) < 4.78 is 45.6. The van der Waals surface area contributed by atoms with Crippen molar-refractivity contribution in [2.24, 2.45) is 5.92 Å². The number of alkyl halides is 3. The van der Waals surface area contributed by atoms with Crippen molar-refractivity contribution in [1.82, 2.24) is 15.1 Å². The smallest absolute Gasteiger partial charge is 0.434 e. The van der Waals surface area contributed by atoms with E-state index in [2.05, 4.69) is 10.4 Å². The minimum Gasteiger partial charge on any atom is -0.478 e. The predicted octanol–water partition coefficient (Wildman–Crippen LogP) is 2.75. The molecule has 0 radical (unpaired) electrons. The van der Waals surface area contributed by atoms with Crippen LogP contribution in [-0.4, -0.2) is 46.5 Å². The van der Waals surface area contributed by atoms with Crippen molar-refractivity contribution in [3.8, 4) is 5.69 Å². The molecule has 1 aromatic heterocycles. The molecule has 2 N–H and O–H groups in total. The first kappa shape index (κ1) is 19.9. The van der Waals surface area contributed by atoms with Gasteiger partial charge in [-0.3, -0.25) is 4.79 Å². The molecule has 1 saturated heterocycles. The van der Waals surface area contributed by atoms with Crippen molar-refractivity contribution >= 4 is 11.9 Å². The lowest BCUT2D eigenvalue weighted by Gasteiger charge is -2.22. The second-order valence-electron chi connectivity index (χ2n) is 6.43. The molecule has 0 atom stereocenters. The molecule has 7 nitrogen and oxygen atoms in total.